The number of fused-ring (bicyclic) bond motifs is 1. The average molecular weight is 574 g/mol. The smallest absolute Gasteiger partial charge is 0.248 e. The van der Waals surface area contributed by atoms with Gasteiger partial charge in [-0.05, 0) is 72.8 Å². The Morgan fingerprint density at radius 3 is 1.50 bits per heavy atom. The lowest BCUT2D eigenvalue weighted by Gasteiger charge is -2.26. The second-order valence-corrected chi connectivity index (χ2v) is 11.7. The molecule has 2 aromatic heterocycles. The zero-order chi connectivity index (χ0) is 30.1. The van der Waals surface area contributed by atoms with E-state index in [9.17, 15) is 0 Å². The fraction of sp³-hybridized carbons (Fsp3) is 0.105. The second kappa shape index (κ2) is 11.2. The van der Waals surface area contributed by atoms with Crippen LogP contribution in [0.2, 0.25) is 0 Å². The van der Waals surface area contributed by atoms with E-state index < -0.39 is 0 Å². The summed E-state index contributed by atoms with van der Waals surface area (Å²) in [5.74, 6) is 0.985. The third-order valence-corrected chi connectivity index (χ3v) is 7.51. The lowest BCUT2D eigenvalue weighted by Crippen LogP contribution is -2.16. The Morgan fingerprint density at radius 2 is 0.932 bits per heavy atom. The molecule has 0 N–H and O–H groups in total. The summed E-state index contributed by atoms with van der Waals surface area (Å²) >= 11 is 0. The molecule has 0 saturated carbocycles. The third-order valence-electron chi connectivity index (χ3n) is 7.51. The fourth-order valence-electron chi connectivity index (χ4n) is 5.31. The lowest BCUT2D eigenvalue weighted by atomic mass is 9.88. The normalized spacial score (nSPS) is 11.5. The van der Waals surface area contributed by atoms with E-state index in [1.54, 1.807) is 0 Å². The van der Waals surface area contributed by atoms with Gasteiger partial charge in [0.15, 0.2) is 0 Å². The lowest BCUT2D eigenvalue weighted by molar-refractivity contribution is 0.571. The second-order valence-electron chi connectivity index (χ2n) is 11.7. The summed E-state index contributed by atoms with van der Waals surface area (Å²) in [6.07, 6.45) is 0. The molecule has 0 saturated heterocycles. The Bertz CT molecular complexity index is 2030. The van der Waals surface area contributed by atoms with Gasteiger partial charge in [0, 0.05) is 39.2 Å². The summed E-state index contributed by atoms with van der Waals surface area (Å²) in [5.41, 5.74) is 9.41. The first-order valence-corrected chi connectivity index (χ1v) is 14.7. The SMILES string of the molecule is CC(C)(C)c1nc2ccccc2nc1-c1ccc(N(c2ccccc2)c2ccc(-c3nnc(-c4ccccc4)o3)cc2)cc1. The van der Waals surface area contributed by atoms with Gasteiger partial charge in [0.1, 0.15) is 0 Å². The monoisotopic (exact) mass is 573 g/mol. The molecule has 0 bridgehead atoms. The van der Waals surface area contributed by atoms with Crippen LogP contribution in [0.1, 0.15) is 26.5 Å². The molecule has 6 nitrogen and oxygen atoms in total. The molecular weight excluding hydrogens is 542 g/mol. The highest BCUT2D eigenvalue weighted by atomic mass is 16.4. The van der Waals surface area contributed by atoms with Crippen LogP contribution in [-0.4, -0.2) is 20.2 Å². The van der Waals surface area contributed by atoms with Crippen molar-refractivity contribution < 1.29 is 4.42 Å². The predicted molar refractivity (Wildman–Crippen MR) is 177 cm³/mol. The first-order chi connectivity index (χ1) is 21.4. The maximum Gasteiger partial charge on any atom is 0.248 e. The van der Waals surface area contributed by atoms with E-state index in [0.29, 0.717) is 11.8 Å². The van der Waals surface area contributed by atoms with E-state index in [4.69, 9.17) is 14.4 Å². The molecule has 7 rings (SSSR count). The number of rotatable bonds is 6. The minimum Gasteiger partial charge on any atom is -0.416 e. The molecular formula is C38H31N5O. The van der Waals surface area contributed by atoms with E-state index in [2.05, 4.69) is 96.5 Å². The number of nitrogens with zero attached hydrogens (tertiary/aromatic N) is 5. The molecule has 0 amide bonds. The Morgan fingerprint density at radius 1 is 0.477 bits per heavy atom. The molecule has 0 spiro atoms. The van der Waals surface area contributed by atoms with Crippen LogP contribution in [-0.2, 0) is 5.41 Å². The first kappa shape index (κ1) is 27.2. The highest BCUT2D eigenvalue weighted by molar-refractivity contribution is 5.81. The van der Waals surface area contributed by atoms with Crippen molar-refractivity contribution in [3.05, 3.63) is 139 Å². The van der Waals surface area contributed by atoms with Gasteiger partial charge in [-0.1, -0.05) is 81.4 Å². The van der Waals surface area contributed by atoms with Gasteiger partial charge in [0.25, 0.3) is 0 Å². The Hall–Kier alpha value is -5.62. The molecule has 2 heterocycles. The average Bonchev–Trinajstić information content (AvgIpc) is 3.56. The van der Waals surface area contributed by atoms with Crippen molar-refractivity contribution in [2.75, 3.05) is 4.90 Å². The van der Waals surface area contributed by atoms with Crippen LogP contribution in [0.4, 0.5) is 17.1 Å². The molecule has 5 aromatic carbocycles. The Balaban J connectivity index is 1.24. The fourth-order valence-corrected chi connectivity index (χ4v) is 5.31. The maximum absolute atomic E-state index is 5.99. The van der Waals surface area contributed by atoms with E-state index in [-0.39, 0.29) is 5.41 Å². The van der Waals surface area contributed by atoms with E-state index >= 15 is 0 Å². The van der Waals surface area contributed by atoms with Gasteiger partial charge in [0.2, 0.25) is 11.8 Å². The summed E-state index contributed by atoms with van der Waals surface area (Å²) in [4.78, 5) is 12.3. The number of benzene rings is 5. The van der Waals surface area contributed by atoms with E-state index in [1.807, 2.05) is 72.8 Å². The van der Waals surface area contributed by atoms with Crippen LogP contribution in [0.25, 0.3) is 45.2 Å². The molecule has 0 fully saturated rings. The quantitative estimate of drug-likeness (QED) is 0.197. The Labute approximate surface area is 256 Å². The topological polar surface area (TPSA) is 67.9 Å². The van der Waals surface area contributed by atoms with Crippen molar-refractivity contribution in [2.24, 2.45) is 0 Å². The van der Waals surface area contributed by atoms with Crippen molar-refractivity contribution in [2.45, 2.75) is 26.2 Å². The van der Waals surface area contributed by atoms with Crippen LogP contribution in [0.3, 0.4) is 0 Å². The van der Waals surface area contributed by atoms with Gasteiger partial charge in [0.05, 0.1) is 22.4 Å². The first-order valence-electron chi connectivity index (χ1n) is 14.7. The standard InChI is InChI=1S/C38H31N5O/c1-38(2,3)35-34(39-32-16-10-11-17-33(32)40-35)26-18-22-30(23-19-26)43(29-14-8-5-9-15-29)31-24-20-28(21-25-31)37-42-41-36(44-37)27-12-6-4-7-13-27/h4-25H,1-3H3. The van der Waals surface area contributed by atoms with Gasteiger partial charge in [-0.3, -0.25) is 0 Å². The minimum absolute atomic E-state index is 0.164. The van der Waals surface area contributed by atoms with Crippen LogP contribution < -0.4 is 4.90 Å². The minimum atomic E-state index is -0.164. The molecule has 0 atom stereocenters. The molecule has 0 unspecified atom stereocenters. The highest BCUT2D eigenvalue weighted by Gasteiger charge is 2.23. The summed E-state index contributed by atoms with van der Waals surface area (Å²) in [6.45, 7) is 6.55. The molecule has 0 aliphatic carbocycles. The molecule has 7 aromatic rings. The Kier molecular flexibility index (Phi) is 6.95. The van der Waals surface area contributed by atoms with Crippen LogP contribution in [0, 0.1) is 0 Å². The molecule has 0 aliphatic rings. The number of hydrogen-bond donors (Lipinski definition) is 0. The zero-order valence-corrected chi connectivity index (χ0v) is 24.8. The molecule has 44 heavy (non-hydrogen) atoms. The van der Waals surface area contributed by atoms with Gasteiger partial charge < -0.3 is 9.32 Å². The third kappa shape index (κ3) is 5.34. The largest absolute Gasteiger partial charge is 0.416 e. The summed E-state index contributed by atoms with van der Waals surface area (Å²) in [6, 6.07) is 44.9. The number of para-hydroxylation sites is 3. The molecule has 214 valence electrons. The predicted octanol–water partition coefficient (Wildman–Crippen LogP) is 9.78. The maximum atomic E-state index is 5.99. The highest BCUT2D eigenvalue weighted by Crippen LogP contribution is 2.38. The zero-order valence-electron chi connectivity index (χ0n) is 24.8. The van der Waals surface area contributed by atoms with Gasteiger partial charge >= 0.3 is 0 Å². The van der Waals surface area contributed by atoms with Gasteiger partial charge in [-0.25, -0.2) is 9.97 Å². The molecule has 6 heteroatoms. The van der Waals surface area contributed by atoms with Crippen LogP contribution >= 0.6 is 0 Å². The summed E-state index contributed by atoms with van der Waals surface area (Å²) in [7, 11) is 0. The van der Waals surface area contributed by atoms with Crippen molar-refractivity contribution in [1.29, 1.82) is 0 Å². The summed E-state index contributed by atoms with van der Waals surface area (Å²) < 4.78 is 5.99. The van der Waals surface area contributed by atoms with Crippen molar-refractivity contribution in [3.8, 4) is 34.2 Å². The van der Waals surface area contributed by atoms with Crippen LogP contribution in [0.15, 0.2) is 138 Å². The summed E-state index contributed by atoms with van der Waals surface area (Å²) in [5, 5.41) is 8.54. The molecule has 0 aliphatic heterocycles. The van der Waals surface area contributed by atoms with Crippen molar-refractivity contribution in [3.63, 3.8) is 0 Å². The van der Waals surface area contributed by atoms with E-state index in [1.165, 1.54) is 0 Å². The number of aromatic nitrogens is 4. The van der Waals surface area contributed by atoms with Crippen molar-refractivity contribution >= 4 is 28.1 Å². The number of hydrogen-bond acceptors (Lipinski definition) is 6. The van der Waals surface area contributed by atoms with Crippen LogP contribution in [0.5, 0.6) is 0 Å². The van der Waals surface area contributed by atoms with E-state index in [0.717, 1.165) is 56.2 Å². The van der Waals surface area contributed by atoms with Crippen molar-refractivity contribution in [1.82, 2.24) is 20.2 Å². The van der Waals surface area contributed by atoms with Gasteiger partial charge in [-0.15, -0.1) is 10.2 Å². The molecule has 0 radical (unpaired) electrons. The van der Waals surface area contributed by atoms with Gasteiger partial charge in [-0.2, -0.15) is 0 Å². The number of anilines is 3.